The summed E-state index contributed by atoms with van der Waals surface area (Å²) in [6, 6.07) is 2.44. The van der Waals surface area contributed by atoms with Crippen LogP contribution in [0.3, 0.4) is 0 Å². The average molecular weight is 519 g/mol. The van der Waals surface area contributed by atoms with Gasteiger partial charge in [-0.25, -0.2) is 18.2 Å². The fraction of sp³-hybridized carbons (Fsp3) is 0.409. The monoisotopic (exact) mass is 518 g/mol. The number of amides is 2. The van der Waals surface area contributed by atoms with Crippen LogP contribution in [0.5, 0.6) is 0 Å². The van der Waals surface area contributed by atoms with E-state index >= 15 is 4.39 Å². The maximum absolute atomic E-state index is 15.7. The number of aromatic nitrogens is 1. The molecule has 1 aromatic heterocycles. The predicted molar refractivity (Wildman–Crippen MR) is 112 cm³/mol. The number of nitrogens with one attached hydrogen (secondary N) is 2. The van der Waals surface area contributed by atoms with Crippen molar-refractivity contribution in [3.8, 4) is 0 Å². The fourth-order valence-corrected chi connectivity index (χ4v) is 4.80. The molecule has 0 radical (unpaired) electrons. The highest BCUT2D eigenvalue weighted by atomic mass is 35.5. The molecular weight excluding hydrogens is 502 g/mol. The minimum absolute atomic E-state index is 0.0775. The van der Waals surface area contributed by atoms with Gasteiger partial charge in [0.1, 0.15) is 17.4 Å². The third-order valence-electron chi connectivity index (χ3n) is 6.66. The van der Waals surface area contributed by atoms with Crippen LogP contribution in [-0.2, 0) is 10.2 Å². The summed E-state index contributed by atoms with van der Waals surface area (Å²) in [5.41, 5.74) is -5.99. The molecule has 1 saturated heterocycles. The third kappa shape index (κ3) is 3.60. The van der Waals surface area contributed by atoms with Gasteiger partial charge in [0.2, 0.25) is 5.91 Å². The van der Waals surface area contributed by atoms with E-state index < -0.39 is 81.3 Å². The van der Waals surface area contributed by atoms with E-state index in [0.717, 1.165) is 24.4 Å². The molecule has 2 fully saturated rings. The minimum atomic E-state index is -5.24. The molecule has 2 aromatic rings. The van der Waals surface area contributed by atoms with Crippen LogP contribution in [0.25, 0.3) is 0 Å². The topological polar surface area (TPSA) is 74.3 Å². The third-order valence-corrected chi connectivity index (χ3v) is 6.96. The van der Waals surface area contributed by atoms with Gasteiger partial charge in [-0.05, 0) is 12.5 Å². The Morgan fingerprint density at radius 3 is 2.54 bits per heavy atom. The molecule has 3 atom stereocenters. The van der Waals surface area contributed by atoms with Gasteiger partial charge < -0.3 is 15.5 Å². The summed E-state index contributed by atoms with van der Waals surface area (Å²) < 4.78 is 87.8. The van der Waals surface area contributed by atoms with Gasteiger partial charge in [-0.1, -0.05) is 23.7 Å². The first kappa shape index (κ1) is 23.7. The second kappa shape index (κ2) is 8.00. The van der Waals surface area contributed by atoms with Crippen molar-refractivity contribution >= 4 is 29.2 Å². The molecule has 0 spiro atoms. The number of pyridine rings is 1. The van der Waals surface area contributed by atoms with E-state index in [1.54, 1.807) is 0 Å². The van der Waals surface area contributed by atoms with E-state index in [1.165, 1.54) is 4.90 Å². The quantitative estimate of drug-likeness (QED) is 0.607. The van der Waals surface area contributed by atoms with Crippen LogP contribution in [0.4, 0.5) is 32.2 Å². The van der Waals surface area contributed by atoms with Crippen LogP contribution in [0, 0.1) is 17.6 Å². The van der Waals surface area contributed by atoms with Crippen molar-refractivity contribution < 1.29 is 35.9 Å². The number of fused-ring (bicyclic) bond motifs is 1. The highest BCUT2D eigenvalue weighted by Gasteiger charge is 2.63. The molecule has 1 aliphatic carbocycles. The molecule has 35 heavy (non-hydrogen) atoms. The lowest BCUT2D eigenvalue weighted by Crippen LogP contribution is -2.58. The molecule has 3 aliphatic rings. The number of nitrogens with zero attached hydrogens (tertiary/aromatic N) is 2. The number of carbonyl (C=O) groups excluding carboxylic acids is 2. The predicted octanol–water partition coefficient (Wildman–Crippen LogP) is 3.59. The largest absolute Gasteiger partial charge is 0.404 e. The van der Waals surface area contributed by atoms with Crippen LogP contribution in [-0.4, -0.2) is 59.7 Å². The highest BCUT2D eigenvalue weighted by molar-refractivity contribution is 6.30. The van der Waals surface area contributed by atoms with Crippen LogP contribution in [0.2, 0.25) is 5.02 Å². The van der Waals surface area contributed by atoms with Crippen LogP contribution in [0.1, 0.15) is 27.9 Å². The summed E-state index contributed by atoms with van der Waals surface area (Å²) in [6.45, 7) is -1.00. The molecule has 186 valence electrons. The summed E-state index contributed by atoms with van der Waals surface area (Å²) in [7, 11) is 0. The van der Waals surface area contributed by atoms with E-state index in [0.29, 0.717) is 0 Å². The molecule has 1 saturated carbocycles. The molecule has 0 bridgehead atoms. The number of carbonyl (C=O) groups is 2. The number of hydrogen-bond acceptors (Lipinski definition) is 4. The molecule has 1 aromatic carbocycles. The van der Waals surface area contributed by atoms with Crippen molar-refractivity contribution in [1.82, 2.24) is 15.2 Å². The van der Waals surface area contributed by atoms with Crippen molar-refractivity contribution in [2.75, 3.05) is 25.0 Å². The summed E-state index contributed by atoms with van der Waals surface area (Å²) in [6.07, 6.45) is -5.48. The number of alkyl halides is 4. The molecule has 6 nitrogen and oxygen atoms in total. The lowest BCUT2D eigenvalue weighted by molar-refractivity contribution is -0.178. The Hall–Kier alpha value is -3.02. The smallest absolute Gasteiger partial charge is 0.361 e. The Labute approximate surface area is 199 Å². The molecule has 13 heteroatoms. The van der Waals surface area contributed by atoms with Gasteiger partial charge in [-0.15, -0.1) is 0 Å². The standard InChI is InChI=1S/C22H17ClF6N4O2/c23-13-3-1-2-12(16(13)25)21(22(27,28)29)8-31-19(34)11-5-30-18(17(26)15(11)21)32-9-6-33(7-9)20(35)10-4-14(10)24/h1-3,5,9-10,14H,4,6-8H2,(H,30,32)(H,31,34)/t10-,14+,21+/m1/s1. The first-order valence-electron chi connectivity index (χ1n) is 10.6. The highest BCUT2D eigenvalue weighted by Crippen LogP contribution is 2.51. The number of hydrogen-bond donors (Lipinski definition) is 2. The summed E-state index contributed by atoms with van der Waals surface area (Å²) in [5, 5.41) is 4.10. The SMILES string of the molecule is O=C1NC[C@@](c2cccc(Cl)c2F)(C(F)(F)F)c2c1cnc(NC1CN(C(=O)[C@@H]3C[C@@H]3F)C1)c2F. The number of rotatable bonds is 4. The van der Waals surface area contributed by atoms with Crippen molar-refractivity contribution in [2.24, 2.45) is 5.92 Å². The van der Waals surface area contributed by atoms with Crippen LogP contribution >= 0.6 is 11.6 Å². The Balaban J connectivity index is 1.54. The Kier molecular flexibility index (Phi) is 5.42. The summed E-state index contributed by atoms with van der Waals surface area (Å²) in [4.78, 5) is 29.5. The summed E-state index contributed by atoms with van der Waals surface area (Å²) in [5.74, 6) is -5.50. The molecule has 2 aliphatic heterocycles. The van der Waals surface area contributed by atoms with E-state index in [4.69, 9.17) is 11.6 Å². The first-order valence-corrected chi connectivity index (χ1v) is 11.0. The van der Waals surface area contributed by atoms with E-state index in [1.807, 2.05) is 0 Å². The van der Waals surface area contributed by atoms with Crippen LogP contribution < -0.4 is 10.6 Å². The molecule has 2 N–H and O–H groups in total. The van der Waals surface area contributed by atoms with Gasteiger partial charge in [0.25, 0.3) is 5.91 Å². The second-order valence-corrected chi connectivity index (χ2v) is 9.25. The Bertz CT molecular complexity index is 1240. The van der Waals surface area contributed by atoms with Gasteiger partial charge >= 0.3 is 6.18 Å². The van der Waals surface area contributed by atoms with Crippen molar-refractivity contribution in [3.05, 3.63) is 57.7 Å². The molecule has 2 amide bonds. The minimum Gasteiger partial charge on any atom is -0.361 e. The fourth-order valence-electron chi connectivity index (χ4n) is 4.63. The van der Waals surface area contributed by atoms with E-state index in [2.05, 4.69) is 15.6 Å². The van der Waals surface area contributed by atoms with Gasteiger partial charge in [0.05, 0.1) is 22.5 Å². The van der Waals surface area contributed by atoms with Crippen molar-refractivity contribution in [2.45, 2.75) is 30.2 Å². The van der Waals surface area contributed by atoms with Crippen molar-refractivity contribution in [3.63, 3.8) is 0 Å². The lowest BCUT2D eigenvalue weighted by atomic mass is 9.69. The molecule has 3 heterocycles. The maximum atomic E-state index is 15.7. The lowest BCUT2D eigenvalue weighted by Gasteiger charge is -2.42. The Morgan fingerprint density at radius 2 is 1.91 bits per heavy atom. The maximum Gasteiger partial charge on any atom is 0.404 e. The van der Waals surface area contributed by atoms with E-state index in [-0.39, 0.29) is 25.4 Å². The van der Waals surface area contributed by atoms with Crippen molar-refractivity contribution in [1.29, 1.82) is 0 Å². The molecular formula is C22H17ClF6N4O2. The normalized spacial score (nSPS) is 26.0. The number of anilines is 1. The van der Waals surface area contributed by atoms with Gasteiger partial charge in [0, 0.05) is 37.0 Å². The molecule has 5 rings (SSSR count). The number of likely N-dealkylation sites (tertiary alicyclic amines) is 1. The molecule has 0 unspecified atom stereocenters. The zero-order chi connectivity index (χ0) is 25.3. The zero-order valence-electron chi connectivity index (χ0n) is 17.7. The number of halogens is 7. The summed E-state index contributed by atoms with van der Waals surface area (Å²) >= 11 is 5.74. The van der Waals surface area contributed by atoms with Crippen LogP contribution in [0.15, 0.2) is 24.4 Å². The first-order chi connectivity index (χ1) is 16.5. The van der Waals surface area contributed by atoms with E-state index in [9.17, 15) is 31.5 Å². The number of benzene rings is 1. The van der Waals surface area contributed by atoms with Gasteiger partial charge in [-0.2, -0.15) is 13.2 Å². The van der Waals surface area contributed by atoms with Gasteiger partial charge in [0.15, 0.2) is 11.6 Å². The average Bonchev–Trinajstić information content (AvgIpc) is 3.50. The van der Waals surface area contributed by atoms with Gasteiger partial charge in [-0.3, -0.25) is 9.59 Å². The Morgan fingerprint density at radius 1 is 1.23 bits per heavy atom. The zero-order valence-corrected chi connectivity index (χ0v) is 18.5. The second-order valence-electron chi connectivity index (χ2n) is 8.84.